The number of hydrogen-bond donors (Lipinski definition) is 1. The molecule has 2 aromatic carbocycles. The second-order valence-electron chi connectivity index (χ2n) is 9.46. The fraction of sp³-hybridized carbons (Fsp3) is 0.520. The van der Waals surface area contributed by atoms with Crippen molar-refractivity contribution >= 4 is 27.5 Å². The molecule has 0 atom stereocenters. The van der Waals surface area contributed by atoms with Crippen LogP contribution >= 0.6 is 11.8 Å². The smallest absolute Gasteiger partial charge is 0.261 e. The van der Waals surface area contributed by atoms with Crippen LogP contribution in [0.25, 0.3) is 0 Å². The maximum Gasteiger partial charge on any atom is 0.261 e. The van der Waals surface area contributed by atoms with Gasteiger partial charge in [-0.3, -0.25) is 4.72 Å². The molecule has 1 aliphatic rings. The zero-order valence-electron chi connectivity index (χ0n) is 18.4. The summed E-state index contributed by atoms with van der Waals surface area (Å²) in [6.45, 7) is 6.92. The van der Waals surface area contributed by atoms with Gasteiger partial charge in [-0.05, 0) is 73.1 Å². The first-order valence-electron chi connectivity index (χ1n) is 11.0. The third-order valence-corrected chi connectivity index (χ3v) is 8.72. The van der Waals surface area contributed by atoms with Gasteiger partial charge < -0.3 is 0 Å². The van der Waals surface area contributed by atoms with E-state index in [1.54, 1.807) is 24.3 Å². The molecule has 0 radical (unpaired) electrons. The van der Waals surface area contributed by atoms with Crippen molar-refractivity contribution in [2.45, 2.75) is 68.9 Å². The monoisotopic (exact) mass is 445 g/mol. The molecule has 0 unspecified atom stereocenters. The molecule has 0 amide bonds. The third kappa shape index (κ3) is 7.35. The van der Waals surface area contributed by atoms with Gasteiger partial charge in [-0.25, -0.2) is 8.42 Å². The van der Waals surface area contributed by atoms with Crippen molar-refractivity contribution in [1.29, 1.82) is 0 Å². The number of nitrogens with one attached hydrogen (secondary N) is 1. The molecule has 5 heteroatoms. The summed E-state index contributed by atoms with van der Waals surface area (Å²) in [4.78, 5) is 0.283. The summed E-state index contributed by atoms with van der Waals surface area (Å²) in [5, 5.41) is 0. The molecule has 0 aliphatic heterocycles. The molecular weight excluding hydrogens is 410 g/mol. The highest BCUT2D eigenvalue weighted by Crippen LogP contribution is 2.36. The van der Waals surface area contributed by atoms with Crippen molar-refractivity contribution in [3.63, 3.8) is 0 Å². The minimum absolute atomic E-state index is 0.283. The van der Waals surface area contributed by atoms with Gasteiger partial charge in [0, 0.05) is 10.4 Å². The summed E-state index contributed by atoms with van der Waals surface area (Å²) in [5.41, 5.74) is 1.89. The topological polar surface area (TPSA) is 46.2 Å². The van der Waals surface area contributed by atoms with Gasteiger partial charge in [0.25, 0.3) is 10.0 Å². The van der Waals surface area contributed by atoms with E-state index in [9.17, 15) is 8.42 Å². The van der Waals surface area contributed by atoms with E-state index in [2.05, 4.69) is 49.4 Å². The van der Waals surface area contributed by atoms with Gasteiger partial charge in [-0.15, -0.1) is 0 Å². The maximum atomic E-state index is 12.4. The van der Waals surface area contributed by atoms with Gasteiger partial charge in [0.05, 0.1) is 4.90 Å². The fourth-order valence-electron chi connectivity index (χ4n) is 3.98. The van der Waals surface area contributed by atoms with Crippen molar-refractivity contribution in [3.05, 3.63) is 60.2 Å². The highest BCUT2D eigenvalue weighted by molar-refractivity contribution is 8.00. The summed E-state index contributed by atoms with van der Waals surface area (Å²) in [5.74, 6) is 3.02. The normalized spacial score (nSPS) is 20.1. The molecule has 0 aromatic heterocycles. The van der Waals surface area contributed by atoms with E-state index in [1.807, 2.05) is 18.2 Å². The Morgan fingerprint density at radius 1 is 0.900 bits per heavy atom. The third-order valence-electron chi connectivity index (χ3n) is 5.82. The van der Waals surface area contributed by atoms with Gasteiger partial charge in [-0.2, -0.15) is 11.8 Å². The molecule has 0 heterocycles. The van der Waals surface area contributed by atoms with Crippen LogP contribution in [0.4, 0.5) is 5.69 Å². The zero-order valence-corrected chi connectivity index (χ0v) is 20.1. The average molecular weight is 446 g/mol. The number of sulfonamides is 1. The van der Waals surface area contributed by atoms with Crippen molar-refractivity contribution in [3.8, 4) is 0 Å². The molecule has 1 aliphatic carbocycles. The number of hydrogen-bond acceptors (Lipinski definition) is 3. The van der Waals surface area contributed by atoms with Gasteiger partial charge in [0.2, 0.25) is 0 Å². The molecule has 3 nitrogen and oxygen atoms in total. The Balaban J connectivity index is 1.43. The van der Waals surface area contributed by atoms with Crippen molar-refractivity contribution < 1.29 is 8.42 Å². The summed E-state index contributed by atoms with van der Waals surface area (Å²) < 4.78 is 27.9. The minimum Gasteiger partial charge on any atom is -0.280 e. The molecular formula is C25H35NO2S2. The van der Waals surface area contributed by atoms with Gasteiger partial charge in [-0.1, -0.05) is 63.9 Å². The lowest BCUT2D eigenvalue weighted by atomic mass is 9.80. The van der Waals surface area contributed by atoms with Crippen LogP contribution in [0.2, 0.25) is 0 Å². The molecule has 0 bridgehead atoms. The largest absolute Gasteiger partial charge is 0.280 e. The first-order valence-corrected chi connectivity index (χ1v) is 13.5. The van der Waals surface area contributed by atoms with Crippen LogP contribution in [0.5, 0.6) is 0 Å². The molecule has 1 fully saturated rings. The van der Waals surface area contributed by atoms with Crippen molar-refractivity contribution in [2.75, 3.05) is 10.5 Å². The lowest BCUT2D eigenvalue weighted by Gasteiger charge is -2.30. The van der Waals surface area contributed by atoms with Crippen molar-refractivity contribution in [2.24, 2.45) is 11.8 Å². The van der Waals surface area contributed by atoms with Crippen LogP contribution in [0, 0.1) is 11.8 Å². The Labute approximate surface area is 187 Å². The summed E-state index contributed by atoms with van der Waals surface area (Å²) in [7, 11) is -3.53. The molecule has 3 rings (SSSR count). The molecule has 2 aromatic rings. The number of rotatable bonds is 8. The Kier molecular flexibility index (Phi) is 7.92. The number of thioether (sulfide) groups is 1. The average Bonchev–Trinajstić information content (AvgIpc) is 2.72. The van der Waals surface area contributed by atoms with Crippen LogP contribution in [0.1, 0.15) is 58.4 Å². The number of aryl methyl sites for hydroxylation is 1. The Hall–Kier alpha value is -1.46. The first kappa shape index (κ1) is 23.2. The van der Waals surface area contributed by atoms with E-state index in [0.29, 0.717) is 10.4 Å². The second-order valence-corrected chi connectivity index (χ2v) is 13.0. The van der Waals surface area contributed by atoms with Crippen LogP contribution in [-0.2, 0) is 16.4 Å². The van der Waals surface area contributed by atoms with Gasteiger partial charge in [0.1, 0.15) is 0 Å². The lowest BCUT2D eigenvalue weighted by molar-refractivity contribution is 0.280. The number of anilines is 1. The van der Waals surface area contributed by atoms with Crippen LogP contribution in [0.15, 0.2) is 59.5 Å². The standard InChI is InChI=1S/C25H35NO2S2/c1-25(2,3)29-19-22-13-11-20(12-14-22)9-10-21-15-17-23(18-16-21)26-30(27,28)24-7-5-4-6-8-24/h4-8,15-18,20,22,26H,9-14,19H2,1-3H3. The van der Waals surface area contributed by atoms with E-state index >= 15 is 0 Å². The van der Waals surface area contributed by atoms with Crippen LogP contribution < -0.4 is 4.72 Å². The zero-order chi connectivity index (χ0) is 21.6. The van der Waals surface area contributed by atoms with E-state index in [-0.39, 0.29) is 4.90 Å². The van der Waals surface area contributed by atoms with Gasteiger partial charge >= 0.3 is 0 Å². The van der Waals surface area contributed by atoms with Crippen molar-refractivity contribution in [1.82, 2.24) is 0 Å². The van der Waals surface area contributed by atoms with Crippen LogP contribution in [0.3, 0.4) is 0 Å². The number of benzene rings is 2. The summed E-state index contributed by atoms with van der Waals surface area (Å²) >= 11 is 2.11. The summed E-state index contributed by atoms with van der Waals surface area (Å²) in [6, 6.07) is 16.3. The van der Waals surface area contributed by atoms with Gasteiger partial charge in [0.15, 0.2) is 0 Å². The Bertz CT molecular complexity index is 879. The highest BCUT2D eigenvalue weighted by atomic mass is 32.2. The predicted octanol–water partition coefficient (Wildman–Crippen LogP) is 6.76. The lowest BCUT2D eigenvalue weighted by Crippen LogP contribution is -2.19. The molecule has 30 heavy (non-hydrogen) atoms. The second kappa shape index (κ2) is 10.2. The minimum atomic E-state index is -3.53. The quantitative estimate of drug-likeness (QED) is 0.488. The van der Waals surface area contributed by atoms with Crippen LogP contribution in [-0.4, -0.2) is 18.9 Å². The maximum absolute atomic E-state index is 12.4. The molecule has 164 valence electrons. The summed E-state index contributed by atoms with van der Waals surface area (Å²) in [6.07, 6.45) is 7.74. The predicted molar refractivity (Wildman–Crippen MR) is 130 cm³/mol. The SMILES string of the molecule is CC(C)(C)SCC1CCC(CCc2ccc(NS(=O)(=O)c3ccccc3)cc2)CC1. The fourth-order valence-corrected chi connectivity index (χ4v) is 6.13. The van der Waals surface area contributed by atoms with E-state index in [4.69, 9.17) is 0 Å². The Morgan fingerprint density at radius 3 is 2.10 bits per heavy atom. The van der Waals surface area contributed by atoms with E-state index in [1.165, 1.54) is 43.4 Å². The molecule has 1 saturated carbocycles. The van der Waals surface area contributed by atoms with E-state index < -0.39 is 10.0 Å². The Morgan fingerprint density at radius 2 is 1.50 bits per heavy atom. The van der Waals surface area contributed by atoms with E-state index in [0.717, 1.165) is 18.3 Å². The first-order chi connectivity index (χ1) is 14.2. The molecule has 0 saturated heterocycles. The molecule has 1 N–H and O–H groups in total. The molecule has 0 spiro atoms. The highest BCUT2D eigenvalue weighted by Gasteiger charge is 2.23.